The lowest BCUT2D eigenvalue weighted by Crippen LogP contribution is -1.98. The van der Waals surface area contributed by atoms with Crippen LogP contribution < -0.4 is 4.74 Å². The molecule has 0 heterocycles. The Morgan fingerprint density at radius 1 is 1.54 bits per heavy atom. The van der Waals surface area contributed by atoms with Crippen LogP contribution in [0.4, 0.5) is 0 Å². The number of ketones is 1. The van der Waals surface area contributed by atoms with Gasteiger partial charge in [-0.3, -0.25) is 4.79 Å². The Balaban J connectivity index is 3.18. The molecule has 0 saturated heterocycles. The van der Waals surface area contributed by atoms with Gasteiger partial charge >= 0.3 is 0 Å². The van der Waals surface area contributed by atoms with E-state index in [4.69, 9.17) is 4.74 Å². The van der Waals surface area contributed by atoms with Gasteiger partial charge in [-0.05, 0) is 24.6 Å². The van der Waals surface area contributed by atoms with Crippen molar-refractivity contribution >= 4 is 21.7 Å². The topological polar surface area (TPSA) is 26.3 Å². The lowest BCUT2D eigenvalue weighted by Gasteiger charge is -2.06. The van der Waals surface area contributed by atoms with Crippen molar-refractivity contribution in [2.24, 2.45) is 0 Å². The highest BCUT2D eigenvalue weighted by atomic mass is 79.9. The number of hydrogen-bond acceptors (Lipinski definition) is 2. The zero-order chi connectivity index (χ0) is 9.84. The molecule has 0 spiro atoms. The molecule has 0 fully saturated rings. The second-order valence-electron chi connectivity index (χ2n) is 2.72. The van der Waals surface area contributed by atoms with E-state index in [0.717, 1.165) is 10.9 Å². The van der Waals surface area contributed by atoms with Gasteiger partial charge in [0.2, 0.25) is 0 Å². The highest BCUT2D eigenvalue weighted by molar-refractivity contribution is 9.08. The van der Waals surface area contributed by atoms with E-state index in [-0.39, 0.29) is 5.78 Å². The summed E-state index contributed by atoms with van der Waals surface area (Å²) in [5.41, 5.74) is 1.71. The third kappa shape index (κ3) is 2.31. The number of rotatable bonds is 3. The number of halogens is 1. The van der Waals surface area contributed by atoms with Crippen molar-refractivity contribution in [2.45, 2.75) is 12.3 Å². The van der Waals surface area contributed by atoms with Crippen molar-refractivity contribution in [2.75, 3.05) is 7.11 Å². The Bertz CT molecular complexity index is 321. The van der Waals surface area contributed by atoms with Crippen LogP contribution in [0.1, 0.15) is 22.8 Å². The molecule has 1 aromatic rings. The second-order valence-corrected chi connectivity index (χ2v) is 3.29. The summed E-state index contributed by atoms with van der Waals surface area (Å²) in [6.45, 7) is 1.54. The molecule has 0 bridgehead atoms. The van der Waals surface area contributed by atoms with Gasteiger partial charge in [0.05, 0.1) is 12.7 Å². The van der Waals surface area contributed by atoms with Crippen molar-refractivity contribution in [3.05, 3.63) is 29.3 Å². The van der Waals surface area contributed by atoms with Crippen LogP contribution in [-0.2, 0) is 5.33 Å². The van der Waals surface area contributed by atoms with Crippen LogP contribution in [-0.4, -0.2) is 12.9 Å². The van der Waals surface area contributed by atoms with Gasteiger partial charge in [-0.2, -0.15) is 0 Å². The molecular weight excluding hydrogens is 232 g/mol. The summed E-state index contributed by atoms with van der Waals surface area (Å²) in [7, 11) is 1.57. The standard InChI is InChI=1S/C10H11BrO2/c1-7(12)9-5-8(6-11)3-4-10(9)13-2/h3-5H,6H2,1-2H3. The monoisotopic (exact) mass is 242 g/mol. The van der Waals surface area contributed by atoms with E-state index in [1.165, 1.54) is 6.92 Å². The number of hydrogen-bond donors (Lipinski definition) is 0. The van der Waals surface area contributed by atoms with Crippen LogP contribution in [0.15, 0.2) is 18.2 Å². The van der Waals surface area contributed by atoms with Gasteiger partial charge in [-0.25, -0.2) is 0 Å². The molecule has 13 heavy (non-hydrogen) atoms. The molecular formula is C10H11BrO2. The van der Waals surface area contributed by atoms with E-state index in [0.29, 0.717) is 11.3 Å². The number of ether oxygens (including phenoxy) is 1. The smallest absolute Gasteiger partial charge is 0.163 e. The first-order valence-electron chi connectivity index (χ1n) is 3.93. The zero-order valence-corrected chi connectivity index (χ0v) is 9.22. The maximum Gasteiger partial charge on any atom is 0.163 e. The van der Waals surface area contributed by atoms with Crippen molar-refractivity contribution in [3.63, 3.8) is 0 Å². The minimum Gasteiger partial charge on any atom is -0.496 e. The first-order chi connectivity index (χ1) is 6.19. The fourth-order valence-corrected chi connectivity index (χ4v) is 1.46. The largest absolute Gasteiger partial charge is 0.496 e. The van der Waals surface area contributed by atoms with Gasteiger partial charge in [-0.15, -0.1) is 0 Å². The molecule has 0 aromatic heterocycles. The average Bonchev–Trinajstić information content (AvgIpc) is 2.16. The summed E-state index contributed by atoms with van der Waals surface area (Å²) in [5.74, 6) is 0.664. The molecule has 1 aromatic carbocycles. The van der Waals surface area contributed by atoms with E-state index < -0.39 is 0 Å². The predicted octanol–water partition coefficient (Wildman–Crippen LogP) is 2.79. The van der Waals surface area contributed by atoms with Gasteiger partial charge in [0, 0.05) is 5.33 Å². The molecule has 3 heteroatoms. The maximum absolute atomic E-state index is 11.2. The second kappa shape index (κ2) is 4.42. The van der Waals surface area contributed by atoms with Crippen molar-refractivity contribution in [1.29, 1.82) is 0 Å². The number of carbonyl (C=O) groups is 1. The first-order valence-corrected chi connectivity index (χ1v) is 5.05. The Labute approximate surface area is 86.0 Å². The summed E-state index contributed by atoms with van der Waals surface area (Å²) in [6, 6.07) is 5.59. The van der Waals surface area contributed by atoms with E-state index in [9.17, 15) is 4.79 Å². The summed E-state index contributed by atoms with van der Waals surface area (Å²) in [4.78, 5) is 11.2. The van der Waals surface area contributed by atoms with E-state index in [2.05, 4.69) is 15.9 Å². The average molecular weight is 243 g/mol. The third-order valence-electron chi connectivity index (χ3n) is 1.80. The van der Waals surface area contributed by atoms with E-state index in [1.807, 2.05) is 18.2 Å². The molecule has 0 aliphatic heterocycles. The fraction of sp³-hybridized carbons (Fsp3) is 0.300. The van der Waals surface area contributed by atoms with Crippen molar-refractivity contribution in [1.82, 2.24) is 0 Å². The number of carbonyl (C=O) groups excluding carboxylic acids is 1. The molecule has 0 unspecified atom stereocenters. The molecule has 1 rings (SSSR count). The third-order valence-corrected chi connectivity index (χ3v) is 2.44. The summed E-state index contributed by atoms with van der Waals surface area (Å²) < 4.78 is 5.07. The van der Waals surface area contributed by atoms with Crippen LogP contribution in [0.5, 0.6) is 5.75 Å². The van der Waals surface area contributed by atoms with Gasteiger partial charge in [0.25, 0.3) is 0 Å². The predicted molar refractivity (Wildman–Crippen MR) is 55.6 cm³/mol. The fourth-order valence-electron chi connectivity index (χ4n) is 1.11. The lowest BCUT2D eigenvalue weighted by molar-refractivity contribution is 0.101. The molecule has 0 amide bonds. The lowest BCUT2D eigenvalue weighted by atomic mass is 10.1. The summed E-state index contributed by atoms with van der Waals surface area (Å²) in [6.07, 6.45) is 0. The minimum atomic E-state index is 0.0275. The summed E-state index contributed by atoms with van der Waals surface area (Å²) >= 11 is 3.34. The minimum absolute atomic E-state index is 0.0275. The van der Waals surface area contributed by atoms with Crippen LogP contribution in [0, 0.1) is 0 Å². The van der Waals surface area contributed by atoms with Gasteiger partial charge in [0.15, 0.2) is 5.78 Å². The Kier molecular flexibility index (Phi) is 3.48. The van der Waals surface area contributed by atoms with E-state index in [1.54, 1.807) is 7.11 Å². The van der Waals surface area contributed by atoms with Crippen LogP contribution in [0.25, 0.3) is 0 Å². The van der Waals surface area contributed by atoms with Gasteiger partial charge in [0.1, 0.15) is 5.75 Å². The van der Waals surface area contributed by atoms with Gasteiger partial charge < -0.3 is 4.74 Å². The van der Waals surface area contributed by atoms with Crippen molar-refractivity contribution in [3.8, 4) is 5.75 Å². The first kappa shape index (κ1) is 10.3. The quantitative estimate of drug-likeness (QED) is 0.602. The Morgan fingerprint density at radius 2 is 2.23 bits per heavy atom. The van der Waals surface area contributed by atoms with Crippen LogP contribution in [0.3, 0.4) is 0 Å². The van der Waals surface area contributed by atoms with Crippen LogP contribution >= 0.6 is 15.9 Å². The Morgan fingerprint density at radius 3 is 2.69 bits per heavy atom. The zero-order valence-electron chi connectivity index (χ0n) is 7.63. The number of alkyl halides is 1. The normalized spacial score (nSPS) is 9.77. The molecule has 0 atom stereocenters. The molecule has 0 aliphatic rings. The van der Waals surface area contributed by atoms with Gasteiger partial charge in [-0.1, -0.05) is 22.0 Å². The highest BCUT2D eigenvalue weighted by Gasteiger charge is 2.07. The Hall–Kier alpha value is -0.830. The number of benzene rings is 1. The molecule has 0 aliphatic carbocycles. The molecule has 0 saturated carbocycles. The number of Topliss-reactive ketones (excluding diaryl/α,β-unsaturated/α-hetero) is 1. The SMILES string of the molecule is COc1ccc(CBr)cc1C(C)=O. The number of methoxy groups -OCH3 is 1. The molecule has 70 valence electrons. The molecule has 0 N–H and O–H groups in total. The van der Waals surface area contributed by atoms with Crippen LogP contribution in [0.2, 0.25) is 0 Å². The van der Waals surface area contributed by atoms with Crippen molar-refractivity contribution < 1.29 is 9.53 Å². The highest BCUT2D eigenvalue weighted by Crippen LogP contribution is 2.21. The van der Waals surface area contributed by atoms with E-state index >= 15 is 0 Å². The maximum atomic E-state index is 11.2. The summed E-state index contributed by atoms with van der Waals surface area (Å²) in [5, 5.41) is 0.747. The molecule has 0 radical (unpaired) electrons. The molecule has 2 nitrogen and oxygen atoms in total.